The van der Waals surface area contributed by atoms with Gasteiger partial charge in [-0.3, -0.25) is 9.59 Å². The van der Waals surface area contributed by atoms with Gasteiger partial charge in [0.25, 0.3) is 0 Å². The number of carbonyl (C=O) groups is 1. The monoisotopic (exact) mass is 400 g/mol. The number of ether oxygens (including phenoxy) is 2. The Morgan fingerprint density at radius 1 is 1.21 bits per heavy atom. The average molecular weight is 401 g/mol. The first-order valence-corrected chi connectivity index (χ1v) is 10.2. The fourth-order valence-corrected chi connectivity index (χ4v) is 4.24. The molecule has 1 atom stereocenters. The Morgan fingerprint density at radius 2 is 1.93 bits per heavy atom. The first kappa shape index (κ1) is 20.1. The number of anilines is 1. The van der Waals surface area contributed by atoms with Crippen LogP contribution >= 0.6 is 11.8 Å². The van der Waals surface area contributed by atoms with Crippen LogP contribution in [-0.2, 0) is 11.2 Å². The number of carbonyl (C=O) groups excluding carboxylic acids is 1. The van der Waals surface area contributed by atoms with E-state index in [0.717, 1.165) is 22.3 Å². The van der Waals surface area contributed by atoms with Gasteiger partial charge in [-0.25, -0.2) is 0 Å². The third kappa shape index (κ3) is 3.54. The Bertz CT molecular complexity index is 991. The Morgan fingerprint density at radius 3 is 2.54 bits per heavy atom. The smallest absolute Gasteiger partial charge is 0.217 e. The van der Waals surface area contributed by atoms with Gasteiger partial charge in [0.2, 0.25) is 5.91 Å². The maximum Gasteiger partial charge on any atom is 0.217 e. The molecule has 0 saturated heterocycles. The molecule has 0 unspecified atom stereocenters. The topological polar surface area (TPSA) is 90.7 Å². The number of nitrogens with one attached hydrogen (secondary N) is 1. The predicted octanol–water partition coefficient (Wildman–Crippen LogP) is 3.16. The zero-order chi connectivity index (χ0) is 20.4. The van der Waals surface area contributed by atoms with Crippen molar-refractivity contribution in [1.29, 1.82) is 0 Å². The standard InChI is InChI=1S/C21H24N2O4S/c1-11(24)23-16-7-5-12-9-15(22)20(26-2)21(27-3)19(12)13-6-8-18(28-4)17(25)10-14(13)16/h6,8-10,16H,5,7,22H2,1-4H3,(H,23,24)/t16-/m0/s1. The molecule has 0 bridgehead atoms. The molecule has 0 spiro atoms. The maximum atomic E-state index is 12.7. The molecule has 1 aliphatic carbocycles. The van der Waals surface area contributed by atoms with Gasteiger partial charge in [0, 0.05) is 12.5 Å². The Kier molecular flexibility index (Phi) is 5.84. The van der Waals surface area contributed by atoms with E-state index in [9.17, 15) is 9.59 Å². The number of amides is 1. The van der Waals surface area contributed by atoms with Crippen LogP contribution in [-0.4, -0.2) is 26.4 Å². The molecule has 2 aromatic rings. The normalized spacial score (nSPS) is 15.1. The highest BCUT2D eigenvalue weighted by Crippen LogP contribution is 2.48. The van der Waals surface area contributed by atoms with E-state index in [1.54, 1.807) is 20.3 Å². The number of nitrogens with two attached hydrogens (primary N) is 1. The van der Waals surface area contributed by atoms with Gasteiger partial charge in [-0.15, -0.1) is 11.8 Å². The van der Waals surface area contributed by atoms with Gasteiger partial charge in [0.1, 0.15) is 0 Å². The van der Waals surface area contributed by atoms with Crippen LogP contribution in [0.3, 0.4) is 0 Å². The summed E-state index contributed by atoms with van der Waals surface area (Å²) >= 11 is 1.39. The molecule has 1 amide bonds. The van der Waals surface area contributed by atoms with Crippen LogP contribution in [0.1, 0.15) is 30.5 Å². The van der Waals surface area contributed by atoms with E-state index >= 15 is 0 Å². The van der Waals surface area contributed by atoms with Crippen molar-refractivity contribution in [2.45, 2.75) is 30.7 Å². The van der Waals surface area contributed by atoms with Crippen molar-refractivity contribution in [3.05, 3.63) is 45.6 Å². The molecule has 0 aromatic heterocycles. The second-order valence-electron chi connectivity index (χ2n) is 6.64. The van der Waals surface area contributed by atoms with Crippen molar-refractivity contribution in [3.63, 3.8) is 0 Å². The van der Waals surface area contributed by atoms with Crippen LogP contribution in [0.5, 0.6) is 11.5 Å². The molecule has 7 heteroatoms. The lowest BCUT2D eigenvalue weighted by Gasteiger charge is -2.19. The van der Waals surface area contributed by atoms with E-state index < -0.39 is 0 Å². The average Bonchev–Trinajstić information content (AvgIpc) is 2.89. The van der Waals surface area contributed by atoms with Gasteiger partial charge >= 0.3 is 0 Å². The van der Waals surface area contributed by atoms with Crippen LogP contribution in [0.25, 0.3) is 11.1 Å². The van der Waals surface area contributed by atoms with Crippen LogP contribution in [0.15, 0.2) is 34.0 Å². The summed E-state index contributed by atoms with van der Waals surface area (Å²) in [6, 6.07) is 6.95. The molecule has 0 heterocycles. The number of thioether (sulfide) groups is 1. The van der Waals surface area contributed by atoms with Crippen molar-refractivity contribution < 1.29 is 14.3 Å². The van der Waals surface area contributed by atoms with Crippen LogP contribution in [0.2, 0.25) is 0 Å². The maximum absolute atomic E-state index is 12.7. The minimum Gasteiger partial charge on any atom is -0.492 e. The number of methoxy groups -OCH3 is 2. The number of rotatable bonds is 4. The van der Waals surface area contributed by atoms with Crippen molar-refractivity contribution in [2.24, 2.45) is 0 Å². The number of fused-ring (bicyclic) bond motifs is 3. The third-order valence-corrected chi connectivity index (χ3v) is 5.72. The zero-order valence-corrected chi connectivity index (χ0v) is 17.2. The Labute approximate surface area is 168 Å². The number of hydrogen-bond donors (Lipinski definition) is 2. The number of aryl methyl sites for hydroxylation is 1. The van der Waals surface area contributed by atoms with E-state index in [2.05, 4.69) is 5.32 Å². The third-order valence-electron chi connectivity index (χ3n) is 4.94. The predicted molar refractivity (Wildman–Crippen MR) is 112 cm³/mol. The van der Waals surface area contributed by atoms with Gasteiger partial charge in [-0.2, -0.15) is 0 Å². The van der Waals surface area contributed by atoms with Gasteiger partial charge in [0.05, 0.1) is 30.8 Å². The summed E-state index contributed by atoms with van der Waals surface area (Å²) in [7, 11) is 3.12. The molecule has 0 aliphatic heterocycles. The summed E-state index contributed by atoms with van der Waals surface area (Å²) in [4.78, 5) is 25.1. The van der Waals surface area contributed by atoms with Crippen molar-refractivity contribution in [2.75, 3.05) is 26.2 Å². The quantitative estimate of drug-likeness (QED) is 0.605. The lowest BCUT2D eigenvalue weighted by molar-refractivity contribution is -0.119. The molecule has 0 radical (unpaired) electrons. The van der Waals surface area contributed by atoms with Gasteiger partial charge in [-0.05, 0) is 54.0 Å². The number of benzene rings is 1. The van der Waals surface area contributed by atoms with Crippen LogP contribution in [0.4, 0.5) is 5.69 Å². The largest absolute Gasteiger partial charge is 0.492 e. The summed E-state index contributed by atoms with van der Waals surface area (Å²) in [6.45, 7) is 1.48. The van der Waals surface area contributed by atoms with E-state index in [1.807, 2.05) is 24.5 Å². The Hall–Kier alpha value is -2.67. The fourth-order valence-electron chi connectivity index (χ4n) is 3.78. The Balaban J connectivity index is 2.41. The molecule has 0 saturated carbocycles. The summed E-state index contributed by atoms with van der Waals surface area (Å²) in [5.74, 6) is 0.853. The summed E-state index contributed by atoms with van der Waals surface area (Å²) in [5.41, 5.74) is 10.0. The molecule has 28 heavy (non-hydrogen) atoms. The second kappa shape index (κ2) is 8.14. The molecular formula is C21H24N2O4S. The summed E-state index contributed by atoms with van der Waals surface area (Å²) in [5, 5.41) is 2.98. The molecule has 1 aliphatic rings. The first-order chi connectivity index (χ1) is 13.4. The molecule has 0 fully saturated rings. The zero-order valence-electron chi connectivity index (χ0n) is 16.4. The van der Waals surface area contributed by atoms with Gasteiger partial charge in [0.15, 0.2) is 16.9 Å². The van der Waals surface area contributed by atoms with Crippen LogP contribution in [0, 0.1) is 0 Å². The van der Waals surface area contributed by atoms with Crippen molar-refractivity contribution in [3.8, 4) is 22.6 Å². The molecule has 148 valence electrons. The van der Waals surface area contributed by atoms with Crippen molar-refractivity contribution >= 4 is 23.4 Å². The molecule has 2 aromatic carbocycles. The van der Waals surface area contributed by atoms with E-state index in [4.69, 9.17) is 15.2 Å². The van der Waals surface area contributed by atoms with Crippen LogP contribution < -0.4 is 26.0 Å². The van der Waals surface area contributed by atoms with E-state index in [1.165, 1.54) is 18.7 Å². The summed E-state index contributed by atoms with van der Waals surface area (Å²) < 4.78 is 11.2. The number of nitrogen functional groups attached to an aromatic ring is 1. The molecule has 6 nitrogen and oxygen atoms in total. The summed E-state index contributed by atoms with van der Waals surface area (Å²) in [6.07, 6.45) is 3.19. The minimum absolute atomic E-state index is 0.0751. The van der Waals surface area contributed by atoms with Gasteiger partial charge in [-0.1, -0.05) is 6.07 Å². The highest BCUT2D eigenvalue weighted by Gasteiger charge is 2.28. The number of hydrogen-bond acceptors (Lipinski definition) is 6. The first-order valence-electron chi connectivity index (χ1n) is 8.94. The SMILES string of the molecule is COc1c(N)cc2c(c1OC)-c1ccc(SC)c(=O)cc1[C@@H](NC(C)=O)CC2. The van der Waals surface area contributed by atoms with Crippen molar-refractivity contribution in [1.82, 2.24) is 5.32 Å². The van der Waals surface area contributed by atoms with Gasteiger partial charge < -0.3 is 20.5 Å². The lowest BCUT2D eigenvalue weighted by atomic mass is 9.95. The highest BCUT2D eigenvalue weighted by molar-refractivity contribution is 7.98. The highest BCUT2D eigenvalue weighted by atomic mass is 32.2. The lowest BCUT2D eigenvalue weighted by Crippen LogP contribution is -2.26. The fraction of sp³-hybridized carbons (Fsp3) is 0.333. The van der Waals surface area contributed by atoms with E-state index in [-0.39, 0.29) is 17.4 Å². The molecule has 3 rings (SSSR count). The minimum atomic E-state index is -0.286. The van der Waals surface area contributed by atoms with E-state index in [0.29, 0.717) is 34.9 Å². The molecule has 3 N–H and O–H groups in total. The second-order valence-corrected chi connectivity index (χ2v) is 7.49. The molecular weight excluding hydrogens is 376 g/mol.